The van der Waals surface area contributed by atoms with Crippen molar-refractivity contribution in [2.45, 2.75) is 31.4 Å². The Morgan fingerprint density at radius 3 is 2.76 bits per heavy atom. The number of H-pyrrole nitrogens is 1. The van der Waals surface area contributed by atoms with Crippen molar-refractivity contribution in [3.05, 3.63) is 70.6 Å². The summed E-state index contributed by atoms with van der Waals surface area (Å²) in [6.45, 7) is 2.96. The van der Waals surface area contributed by atoms with Gasteiger partial charge in [-0.15, -0.1) is 0 Å². The standard InChI is InChI=1S/C27H26ClN5O4/c1-15-5-8-29-21(11-15)37-16-3-4-17(19(28)12-16)24(34)18-13-30-25-22(18)23-20(14-31-25)33(2)26(35)27(32-23)6-9-36-10-7-27/h3-5,8,11-14,24,32,34H,6-7,9-10H2,1-2H3,(H,30,31). The number of carbonyl (C=O) groups is 1. The minimum absolute atomic E-state index is 0.0104. The highest BCUT2D eigenvalue weighted by atomic mass is 35.5. The molecule has 1 amide bonds. The number of hydrogen-bond donors (Lipinski definition) is 3. The molecular weight excluding hydrogens is 494 g/mol. The first-order valence-electron chi connectivity index (χ1n) is 12.1. The van der Waals surface area contributed by atoms with Crippen LogP contribution >= 0.6 is 11.6 Å². The summed E-state index contributed by atoms with van der Waals surface area (Å²) in [5.74, 6) is 0.967. The van der Waals surface area contributed by atoms with Gasteiger partial charge in [0.1, 0.15) is 23.0 Å². The molecule has 9 nitrogen and oxygen atoms in total. The number of ether oxygens (including phenoxy) is 2. The average molecular weight is 520 g/mol. The summed E-state index contributed by atoms with van der Waals surface area (Å²) in [6, 6.07) is 8.87. The molecule has 5 heterocycles. The van der Waals surface area contributed by atoms with Gasteiger partial charge in [-0.05, 0) is 30.7 Å². The fourth-order valence-electron chi connectivity index (χ4n) is 5.13. The highest BCUT2D eigenvalue weighted by molar-refractivity contribution is 6.31. The SMILES string of the molecule is Cc1ccnc(Oc2ccc(C(O)c3c[nH]c4ncc5c(c34)NC3(CCOCC3)C(=O)N5C)c(Cl)c2)c1. The minimum atomic E-state index is -1.05. The fourth-order valence-corrected chi connectivity index (χ4v) is 5.41. The molecular formula is C27H26ClN5O4. The molecule has 4 aromatic rings. The van der Waals surface area contributed by atoms with E-state index in [0.29, 0.717) is 65.2 Å². The topological polar surface area (TPSA) is 113 Å². The minimum Gasteiger partial charge on any atom is -0.439 e. The predicted octanol–water partition coefficient (Wildman–Crippen LogP) is 4.73. The molecule has 1 aromatic carbocycles. The number of hydrogen-bond acceptors (Lipinski definition) is 7. The number of amides is 1. The second kappa shape index (κ2) is 9.02. The van der Waals surface area contributed by atoms with Crippen molar-refractivity contribution >= 4 is 39.9 Å². The second-order valence-corrected chi connectivity index (χ2v) is 9.94. The molecule has 0 radical (unpaired) electrons. The smallest absolute Gasteiger partial charge is 0.252 e. The van der Waals surface area contributed by atoms with Crippen molar-refractivity contribution in [3.63, 3.8) is 0 Å². The lowest BCUT2D eigenvalue weighted by molar-refractivity contribution is -0.125. The molecule has 2 aliphatic heterocycles. The fraction of sp³-hybridized carbons (Fsp3) is 0.296. The van der Waals surface area contributed by atoms with Crippen molar-refractivity contribution in [2.75, 3.05) is 30.5 Å². The van der Waals surface area contributed by atoms with E-state index in [1.165, 1.54) is 0 Å². The molecule has 6 rings (SSSR count). The Morgan fingerprint density at radius 1 is 1.19 bits per heavy atom. The number of nitrogens with zero attached hydrogens (tertiary/aromatic N) is 3. The predicted molar refractivity (Wildman–Crippen MR) is 140 cm³/mol. The molecule has 0 saturated carbocycles. The number of carbonyl (C=O) groups excluding carboxylic acids is 1. The van der Waals surface area contributed by atoms with Crippen molar-refractivity contribution in [2.24, 2.45) is 0 Å². The molecule has 0 aliphatic carbocycles. The van der Waals surface area contributed by atoms with Crippen LogP contribution in [0.25, 0.3) is 11.0 Å². The quantitative estimate of drug-likeness (QED) is 0.357. The van der Waals surface area contributed by atoms with Gasteiger partial charge in [0.2, 0.25) is 5.88 Å². The average Bonchev–Trinajstić information content (AvgIpc) is 3.33. The van der Waals surface area contributed by atoms with Gasteiger partial charge in [-0.3, -0.25) is 4.79 Å². The third-order valence-corrected chi connectivity index (χ3v) is 7.50. The second-order valence-electron chi connectivity index (χ2n) is 9.53. The van der Waals surface area contributed by atoms with Crippen LogP contribution in [0, 0.1) is 6.92 Å². The first-order valence-corrected chi connectivity index (χ1v) is 12.5. The molecule has 0 bridgehead atoms. The zero-order chi connectivity index (χ0) is 25.7. The molecule has 1 fully saturated rings. The molecule has 3 aromatic heterocycles. The Morgan fingerprint density at radius 2 is 2.00 bits per heavy atom. The maximum absolute atomic E-state index is 13.3. The van der Waals surface area contributed by atoms with Gasteiger partial charge < -0.3 is 29.8 Å². The number of aromatic nitrogens is 3. The number of anilines is 2. The molecule has 1 saturated heterocycles. The molecule has 190 valence electrons. The van der Waals surface area contributed by atoms with E-state index in [9.17, 15) is 9.90 Å². The Kier molecular flexibility index (Phi) is 5.78. The van der Waals surface area contributed by atoms with Gasteiger partial charge in [0.15, 0.2) is 0 Å². The van der Waals surface area contributed by atoms with Crippen LogP contribution in [0.4, 0.5) is 11.4 Å². The maximum Gasteiger partial charge on any atom is 0.252 e. The molecule has 10 heteroatoms. The number of pyridine rings is 2. The van der Waals surface area contributed by atoms with E-state index in [2.05, 4.69) is 20.3 Å². The Bertz CT molecular complexity index is 1510. The van der Waals surface area contributed by atoms with Gasteiger partial charge in [-0.1, -0.05) is 17.7 Å². The number of aliphatic hydroxyl groups excluding tert-OH is 1. The summed E-state index contributed by atoms with van der Waals surface area (Å²) < 4.78 is 11.4. The van der Waals surface area contributed by atoms with E-state index >= 15 is 0 Å². The summed E-state index contributed by atoms with van der Waals surface area (Å²) in [6.07, 6.45) is 5.15. The number of likely N-dealkylation sites (N-methyl/N-ethyl adjacent to an activating group) is 1. The molecule has 1 spiro atoms. The van der Waals surface area contributed by atoms with Gasteiger partial charge >= 0.3 is 0 Å². The van der Waals surface area contributed by atoms with E-state index in [4.69, 9.17) is 21.1 Å². The summed E-state index contributed by atoms with van der Waals surface area (Å²) in [4.78, 5) is 26.8. The van der Waals surface area contributed by atoms with Crippen LogP contribution in [-0.2, 0) is 9.53 Å². The van der Waals surface area contributed by atoms with Crippen molar-refractivity contribution in [1.29, 1.82) is 0 Å². The van der Waals surface area contributed by atoms with Crippen LogP contribution in [0.1, 0.15) is 35.6 Å². The molecule has 1 unspecified atom stereocenters. The molecule has 37 heavy (non-hydrogen) atoms. The zero-order valence-electron chi connectivity index (χ0n) is 20.4. The number of aryl methyl sites for hydroxylation is 1. The highest BCUT2D eigenvalue weighted by Crippen LogP contribution is 2.45. The summed E-state index contributed by atoms with van der Waals surface area (Å²) >= 11 is 6.62. The van der Waals surface area contributed by atoms with E-state index in [0.717, 1.165) is 16.6 Å². The van der Waals surface area contributed by atoms with Gasteiger partial charge in [-0.25, -0.2) is 9.97 Å². The summed E-state index contributed by atoms with van der Waals surface area (Å²) in [7, 11) is 1.76. The van der Waals surface area contributed by atoms with E-state index in [1.54, 1.807) is 48.7 Å². The van der Waals surface area contributed by atoms with Gasteiger partial charge in [-0.2, -0.15) is 0 Å². The number of fused-ring (bicyclic) bond motifs is 3. The van der Waals surface area contributed by atoms with E-state index < -0.39 is 11.6 Å². The van der Waals surface area contributed by atoms with Crippen molar-refractivity contribution < 1.29 is 19.4 Å². The molecule has 2 aliphatic rings. The van der Waals surface area contributed by atoms with E-state index in [-0.39, 0.29) is 5.91 Å². The first kappa shape index (κ1) is 23.7. The third-order valence-electron chi connectivity index (χ3n) is 7.17. The van der Waals surface area contributed by atoms with Crippen LogP contribution in [-0.4, -0.2) is 51.8 Å². The number of benzene rings is 1. The highest BCUT2D eigenvalue weighted by Gasteiger charge is 2.46. The number of aromatic amines is 1. The first-order chi connectivity index (χ1) is 17.9. The molecule has 1 atom stereocenters. The van der Waals surface area contributed by atoms with Crippen LogP contribution in [0.3, 0.4) is 0 Å². The maximum atomic E-state index is 13.3. The lowest BCUT2D eigenvalue weighted by Gasteiger charge is -2.44. The molecule has 3 N–H and O–H groups in total. The summed E-state index contributed by atoms with van der Waals surface area (Å²) in [5.41, 5.74) is 3.41. The van der Waals surface area contributed by atoms with Gasteiger partial charge in [0, 0.05) is 62.7 Å². The number of halogens is 1. The number of nitrogens with one attached hydrogen (secondary N) is 2. The lowest BCUT2D eigenvalue weighted by Crippen LogP contribution is -2.59. The van der Waals surface area contributed by atoms with Gasteiger partial charge in [0.05, 0.1) is 28.0 Å². The third kappa shape index (κ3) is 3.99. The Balaban J connectivity index is 1.38. The summed E-state index contributed by atoms with van der Waals surface area (Å²) in [5, 5.41) is 16.1. The van der Waals surface area contributed by atoms with Gasteiger partial charge in [0.25, 0.3) is 5.91 Å². The van der Waals surface area contributed by atoms with Crippen molar-refractivity contribution in [3.8, 4) is 11.6 Å². The van der Waals surface area contributed by atoms with Crippen LogP contribution in [0.15, 0.2) is 48.9 Å². The number of rotatable bonds is 4. The van der Waals surface area contributed by atoms with Crippen LogP contribution < -0.4 is 15.0 Å². The van der Waals surface area contributed by atoms with Crippen LogP contribution in [0.2, 0.25) is 5.02 Å². The monoisotopic (exact) mass is 519 g/mol. The lowest BCUT2D eigenvalue weighted by atomic mass is 9.85. The van der Waals surface area contributed by atoms with E-state index in [1.807, 2.05) is 19.1 Å². The number of aliphatic hydroxyl groups is 1. The normalized spacial score (nSPS) is 17.5. The largest absolute Gasteiger partial charge is 0.439 e. The zero-order valence-corrected chi connectivity index (χ0v) is 21.2. The Hall–Kier alpha value is -3.66. The van der Waals surface area contributed by atoms with Crippen LogP contribution in [0.5, 0.6) is 11.6 Å². The Labute approximate surface area is 218 Å². The van der Waals surface area contributed by atoms with Crippen molar-refractivity contribution in [1.82, 2.24) is 15.0 Å².